The summed E-state index contributed by atoms with van der Waals surface area (Å²) in [4.78, 5) is 13.5. The molecule has 1 saturated carbocycles. The Kier molecular flexibility index (Phi) is 6.56. The summed E-state index contributed by atoms with van der Waals surface area (Å²) in [5.41, 5.74) is 0.530. The zero-order chi connectivity index (χ0) is 15.8. The second-order valence-electron chi connectivity index (χ2n) is 6.28. The van der Waals surface area contributed by atoms with Crippen LogP contribution >= 0.6 is 0 Å². The van der Waals surface area contributed by atoms with Crippen LogP contribution in [0.5, 0.6) is 5.75 Å². The van der Waals surface area contributed by atoms with Gasteiger partial charge in [0.05, 0.1) is 5.69 Å². The van der Waals surface area contributed by atoms with E-state index in [1.807, 2.05) is 6.07 Å². The Balaban J connectivity index is 1.64. The molecule has 0 aromatic heterocycles. The second kappa shape index (κ2) is 8.66. The first-order chi connectivity index (χ1) is 10.7. The van der Waals surface area contributed by atoms with Crippen molar-refractivity contribution < 1.29 is 9.90 Å². The standard InChI is InChI=1S/C18H28N2O2/c1-20(16-12-5-6-13-17(16)21)18(22)19-14-8-7-11-15-9-3-2-4-10-15/h5-6,12-13,15,21H,2-4,7-11,14H2,1H3,(H,19,22). The van der Waals surface area contributed by atoms with Crippen LogP contribution < -0.4 is 10.2 Å². The van der Waals surface area contributed by atoms with E-state index in [0.717, 1.165) is 12.3 Å². The first-order valence-corrected chi connectivity index (χ1v) is 8.48. The number of nitrogens with zero attached hydrogens (tertiary/aromatic N) is 1. The number of rotatable bonds is 6. The molecule has 2 N–H and O–H groups in total. The SMILES string of the molecule is CN(C(=O)NCCCCC1CCCCC1)c1ccccc1O. The van der Waals surface area contributed by atoms with Gasteiger partial charge in [-0.3, -0.25) is 4.90 Å². The highest BCUT2D eigenvalue weighted by Gasteiger charge is 2.14. The van der Waals surface area contributed by atoms with Crippen LogP contribution in [0.3, 0.4) is 0 Å². The van der Waals surface area contributed by atoms with Gasteiger partial charge in [0, 0.05) is 13.6 Å². The highest BCUT2D eigenvalue weighted by Crippen LogP contribution is 2.27. The normalized spacial score (nSPS) is 15.5. The molecule has 1 fully saturated rings. The summed E-state index contributed by atoms with van der Waals surface area (Å²) in [7, 11) is 1.67. The number of benzene rings is 1. The first kappa shape index (κ1) is 16.7. The highest BCUT2D eigenvalue weighted by molar-refractivity contribution is 5.92. The summed E-state index contributed by atoms with van der Waals surface area (Å²) < 4.78 is 0. The molecule has 4 nitrogen and oxygen atoms in total. The maximum absolute atomic E-state index is 12.1. The van der Waals surface area contributed by atoms with Crippen LogP contribution in [0.1, 0.15) is 51.4 Å². The van der Waals surface area contributed by atoms with Crippen molar-refractivity contribution in [2.24, 2.45) is 5.92 Å². The molecule has 0 aliphatic heterocycles. The number of nitrogens with one attached hydrogen (secondary N) is 1. The Hall–Kier alpha value is -1.71. The predicted molar refractivity (Wildman–Crippen MR) is 90.3 cm³/mol. The van der Waals surface area contributed by atoms with Gasteiger partial charge in [-0.05, 0) is 24.5 Å². The molecule has 0 spiro atoms. The van der Waals surface area contributed by atoms with Crippen LogP contribution in [0.25, 0.3) is 0 Å². The molecule has 1 aliphatic carbocycles. The molecule has 4 heteroatoms. The zero-order valence-electron chi connectivity index (χ0n) is 13.6. The molecule has 2 rings (SSSR count). The number of anilines is 1. The largest absolute Gasteiger partial charge is 0.506 e. The van der Waals surface area contributed by atoms with E-state index < -0.39 is 0 Å². The van der Waals surface area contributed by atoms with Gasteiger partial charge in [-0.1, -0.05) is 57.1 Å². The topological polar surface area (TPSA) is 52.6 Å². The lowest BCUT2D eigenvalue weighted by atomic mass is 9.86. The molecule has 1 aromatic rings. The van der Waals surface area contributed by atoms with E-state index in [0.29, 0.717) is 12.2 Å². The number of phenolic OH excluding ortho intramolecular Hbond substituents is 1. The Morgan fingerprint density at radius 2 is 1.95 bits per heavy atom. The summed E-state index contributed by atoms with van der Waals surface area (Å²) in [6.45, 7) is 0.698. The van der Waals surface area contributed by atoms with Crippen LogP contribution in [-0.4, -0.2) is 24.7 Å². The molecule has 0 heterocycles. The zero-order valence-corrected chi connectivity index (χ0v) is 13.6. The Morgan fingerprint density at radius 3 is 2.68 bits per heavy atom. The Morgan fingerprint density at radius 1 is 1.23 bits per heavy atom. The van der Waals surface area contributed by atoms with E-state index in [9.17, 15) is 9.90 Å². The van der Waals surface area contributed by atoms with E-state index >= 15 is 0 Å². The van der Waals surface area contributed by atoms with Crippen LogP contribution in [0, 0.1) is 5.92 Å². The van der Waals surface area contributed by atoms with Gasteiger partial charge in [-0.25, -0.2) is 4.79 Å². The van der Waals surface area contributed by atoms with Crippen LogP contribution in [0.2, 0.25) is 0 Å². The van der Waals surface area contributed by atoms with E-state index in [1.54, 1.807) is 25.2 Å². The summed E-state index contributed by atoms with van der Waals surface area (Å²) in [6, 6.07) is 6.71. The van der Waals surface area contributed by atoms with Gasteiger partial charge >= 0.3 is 6.03 Å². The lowest BCUT2D eigenvalue weighted by Gasteiger charge is -2.21. The number of amides is 2. The summed E-state index contributed by atoms with van der Waals surface area (Å²) in [6.07, 6.45) is 10.5. The predicted octanol–water partition coefficient (Wildman–Crippen LogP) is 4.29. The molecule has 22 heavy (non-hydrogen) atoms. The number of urea groups is 1. The van der Waals surface area contributed by atoms with Crippen molar-refractivity contribution in [3.8, 4) is 5.75 Å². The third-order valence-electron chi connectivity index (χ3n) is 4.59. The molecule has 1 aliphatic rings. The van der Waals surface area contributed by atoms with Gasteiger partial charge in [-0.15, -0.1) is 0 Å². The lowest BCUT2D eigenvalue weighted by Crippen LogP contribution is -2.37. The monoisotopic (exact) mass is 304 g/mol. The highest BCUT2D eigenvalue weighted by atomic mass is 16.3. The Labute approximate surface area is 133 Å². The summed E-state index contributed by atoms with van der Waals surface area (Å²) in [5, 5.41) is 12.7. The number of unbranched alkanes of at least 4 members (excludes halogenated alkanes) is 1. The van der Waals surface area contributed by atoms with Crippen LogP contribution in [-0.2, 0) is 0 Å². The maximum Gasteiger partial charge on any atom is 0.321 e. The minimum Gasteiger partial charge on any atom is -0.506 e. The second-order valence-corrected chi connectivity index (χ2v) is 6.28. The van der Waals surface area contributed by atoms with Crippen molar-refractivity contribution in [3.63, 3.8) is 0 Å². The minimum absolute atomic E-state index is 0.123. The van der Waals surface area contributed by atoms with Crippen molar-refractivity contribution in [2.45, 2.75) is 51.4 Å². The molecule has 0 radical (unpaired) electrons. The number of aromatic hydroxyl groups is 1. The van der Waals surface area contributed by atoms with Gasteiger partial charge in [0.1, 0.15) is 5.75 Å². The van der Waals surface area contributed by atoms with Crippen molar-refractivity contribution in [3.05, 3.63) is 24.3 Å². The fourth-order valence-corrected chi connectivity index (χ4v) is 3.20. The summed E-state index contributed by atoms with van der Waals surface area (Å²) in [5.74, 6) is 1.03. The number of phenols is 1. The molecule has 0 unspecified atom stereocenters. The molecule has 0 bridgehead atoms. The van der Waals surface area contributed by atoms with E-state index in [-0.39, 0.29) is 11.8 Å². The van der Waals surface area contributed by atoms with Crippen molar-refractivity contribution in [1.29, 1.82) is 0 Å². The van der Waals surface area contributed by atoms with Crippen molar-refractivity contribution >= 4 is 11.7 Å². The lowest BCUT2D eigenvalue weighted by molar-refractivity contribution is 0.247. The number of carbonyl (C=O) groups is 1. The van der Waals surface area contributed by atoms with E-state index in [4.69, 9.17) is 0 Å². The number of para-hydroxylation sites is 2. The smallest absolute Gasteiger partial charge is 0.321 e. The molecule has 0 atom stereocenters. The fraction of sp³-hybridized carbons (Fsp3) is 0.611. The van der Waals surface area contributed by atoms with Crippen LogP contribution in [0.4, 0.5) is 10.5 Å². The van der Waals surface area contributed by atoms with Gasteiger partial charge in [-0.2, -0.15) is 0 Å². The average Bonchev–Trinajstić information content (AvgIpc) is 2.55. The minimum atomic E-state index is -0.167. The first-order valence-electron chi connectivity index (χ1n) is 8.48. The van der Waals surface area contributed by atoms with E-state index in [2.05, 4.69) is 5.32 Å². The number of carbonyl (C=O) groups excluding carboxylic acids is 1. The number of hydrogen-bond donors (Lipinski definition) is 2. The van der Waals surface area contributed by atoms with Gasteiger partial charge < -0.3 is 10.4 Å². The molecule has 0 saturated heterocycles. The average molecular weight is 304 g/mol. The molecular weight excluding hydrogens is 276 g/mol. The fourth-order valence-electron chi connectivity index (χ4n) is 3.20. The van der Waals surface area contributed by atoms with Gasteiger partial charge in [0.15, 0.2) is 0 Å². The third kappa shape index (κ3) is 4.93. The quantitative estimate of drug-likeness (QED) is 0.770. The molecule has 2 amide bonds. The van der Waals surface area contributed by atoms with Gasteiger partial charge in [0.2, 0.25) is 0 Å². The third-order valence-corrected chi connectivity index (χ3v) is 4.59. The van der Waals surface area contributed by atoms with Crippen molar-refractivity contribution in [1.82, 2.24) is 5.32 Å². The van der Waals surface area contributed by atoms with Gasteiger partial charge in [0.25, 0.3) is 0 Å². The van der Waals surface area contributed by atoms with E-state index in [1.165, 1.54) is 49.8 Å². The molecule has 122 valence electrons. The van der Waals surface area contributed by atoms with Crippen molar-refractivity contribution in [2.75, 3.05) is 18.5 Å². The van der Waals surface area contributed by atoms with Crippen LogP contribution in [0.15, 0.2) is 24.3 Å². The summed E-state index contributed by atoms with van der Waals surface area (Å²) >= 11 is 0. The molecular formula is C18H28N2O2. The maximum atomic E-state index is 12.1. The number of hydrogen-bond acceptors (Lipinski definition) is 2. The Bertz CT molecular complexity index is 470. The molecule has 1 aromatic carbocycles.